The Bertz CT molecular complexity index is 811. The van der Waals surface area contributed by atoms with Crippen molar-refractivity contribution in [1.29, 1.82) is 0 Å². The molecule has 0 bridgehead atoms. The Morgan fingerprint density at radius 3 is 2.52 bits per heavy atom. The number of halogens is 3. The van der Waals surface area contributed by atoms with Crippen LogP contribution in [0.4, 0.5) is 0 Å². The van der Waals surface area contributed by atoms with Crippen LogP contribution in [0.15, 0.2) is 41.0 Å². The zero-order chi connectivity index (χ0) is 15.0. The number of rotatable bonds is 3. The van der Waals surface area contributed by atoms with Crippen LogP contribution in [0, 0.1) is 0 Å². The van der Waals surface area contributed by atoms with Crippen molar-refractivity contribution in [2.75, 3.05) is 0 Å². The first-order chi connectivity index (χ1) is 10.1. The Labute approximate surface area is 143 Å². The summed E-state index contributed by atoms with van der Waals surface area (Å²) >= 11 is 16.7. The summed E-state index contributed by atoms with van der Waals surface area (Å²) in [5, 5.41) is 4.46. The summed E-state index contributed by atoms with van der Waals surface area (Å²) in [6.07, 6.45) is 2.44. The first kappa shape index (κ1) is 14.8. The maximum Gasteiger partial charge on any atom is 0.153 e. The van der Waals surface area contributed by atoms with E-state index in [1.807, 2.05) is 24.3 Å². The summed E-state index contributed by atoms with van der Waals surface area (Å²) in [6, 6.07) is 9.34. The van der Waals surface area contributed by atoms with Gasteiger partial charge in [0.2, 0.25) is 0 Å². The van der Waals surface area contributed by atoms with Gasteiger partial charge >= 0.3 is 0 Å². The topological polar surface area (TPSA) is 34.9 Å². The highest BCUT2D eigenvalue weighted by atomic mass is 79.9. The van der Waals surface area contributed by atoms with Crippen LogP contribution in [0.3, 0.4) is 0 Å². The largest absolute Gasteiger partial charge is 0.298 e. The van der Waals surface area contributed by atoms with Crippen molar-refractivity contribution in [1.82, 2.24) is 9.78 Å². The van der Waals surface area contributed by atoms with E-state index < -0.39 is 0 Å². The van der Waals surface area contributed by atoms with Gasteiger partial charge in [0, 0.05) is 16.2 Å². The number of benzene rings is 1. The minimum absolute atomic E-state index is 0.467. The molecule has 0 aliphatic carbocycles. The number of nitrogens with zero attached hydrogens (tertiary/aromatic N) is 2. The standard InChI is InChI=1S/C14H7BrCl2N2OS/c15-9-1-3-10(4-2-9)19-6-8(7-20)13(18-19)11-5-12(16)21-14(11)17/h1-7H. The molecular weight excluding hydrogens is 395 g/mol. The van der Waals surface area contributed by atoms with Crippen LogP contribution in [0.5, 0.6) is 0 Å². The average molecular weight is 402 g/mol. The average Bonchev–Trinajstić information content (AvgIpc) is 3.02. The van der Waals surface area contributed by atoms with Gasteiger partial charge in [-0.1, -0.05) is 39.1 Å². The van der Waals surface area contributed by atoms with E-state index in [1.54, 1.807) is 16.9 Å². The number of thiophene rings is 1. The van der Waals surface area contributed by atoms with Gasteiger partial charge in [-0.3, -0.25) is 4.79 Å². The van der Waals surface area contributed by atoms with Gasteiger partial charge in [-0.15, -0.1) is 11.3 Å². The Morgan fingerprint density at radius 1 is 1.24 bits per heavy atom. The molecule has 0 unspecified atom stereocenters. The molecule has 0 saturated heterocycles. The quantitative estimate of drug-likeness (QED) is 0.544. The number of carbonyl (C=O) groups excluding carboxylic acids is 1. The zero-order valence-electron chi connectivity index (χ0n) is 10.4. The molecule has 0 atom stereocenters. The van der Waals surface area contributed by atoms with Gasteiger partial charge in [0.15, 0.2) is 6.29 Å². The molecule has 1 aromatic carbocycles. The van der Waals surface area contributed by atoms with E-state index in [0.717, 1.165) is 16.4 Å². The van der Waals surface area contributed by atoms with Crippen LogP contribution in [0.2, 0.25) is 8.67 Å². The Hall–Kier alpha value is -1.14. The van der Waals surface area contributed by atoms with Crippen LogP contribution in [0.1, 0.15) is 10.4 Å². The third-order valence-electron chi connectivity index (χ3n) is 2.87. The van der Waals surface area contributed by atoms with Crippen LogP contribution >= 0.6 is 50.5 Å². The maximum atomic E-state index is 11.3. The van der Waals surface area contributed by atoms with E-state index in [1.165, 1.54) is 11.3 Å². The Kier molecular flexibility index (Phi) is 4.17. The van der Waals surface area contributed by atoms with E-state index in [0.29, 0.717) is 25.5 Å². The number of hydrogen-bond donors (Lipinski definition) is 0. The van der Waals surface area contributed by atoms with Gasteiger partial charge in [-0.05, 0) is 30.3 Å². The predicted molar refractivity (Wildman–Crippen MR) is 90.0 cm³/mol. The minimum Gasteiger partial charge on any atom is -0.298 e. The molecule has 0 saturated carbocycles. The van der Waals surface area contributed by atoms with E-state index in [-0.39, 0.29) is 0 Å². The first-order valence-electron chi connectivity index (χ1n) is 5.84. The number of aromatic nitrogens is 2. The van der Waals surface area contributed by atoms with Crippen LogP contribution in [-0.4, -0.2) is 16.1 Å². The highest BCUT2D eigenvalue weighted by molar-refractivity contribution is 9.10. The summed E-state index contributed by atoms with van der Waals surface area (Å²) in [5.41, 5.74) is 2.52. The van der Waals surface area contributed by atoms with Crippen molar-refractivity contribution in [3.63, 3.8) is 0 Å². The molecule has 3 aromatic rings. The third kappa shape index (κ3) is 2.92. The molecule has 0 fully saturated rings. The molecule has 106 valence electrons. The van der Waals surface area contributed by atoms with Gasteiger partial charge in [-0.2, -0.15) is 5.10 Å². The van der Waals surface area contributed by atoms with Gasteiger partial charge in [0.1, 0.15) is 10.0 Å². The van der Waals surface area contributed by atoms with Crippen molar-refractivity contribution in [2.45, 2.75) is 0 Å². The molecule has 2 aromatic heterocycles. The molecule has 3 nitrogen and oxygen atoms in total. The zero-order valence-corrected chi connectivity index (χ0v) is 14.3. The summed E-state index contributed by atoms with van der Waals surface area (Å²) < 4.78 is 3.70. The minimum atomic E-state index is 0.467. The summed E-state index contributed by atoms with van der Waals surface area (Å²) in [5.74, 6) is 0. The van der Waals surface area contributed by atoms with Crippen molar-refractivity contribution >= 4 is 56.8 Å². The van der Waals surface area contributed by atoms with Gasteiger partial charge in [-0.25, -0.2) is 4.68 Å². The Balaban J connectivity index is 2.12. The van der Waals surface area contributed by atoms with Crippen molar-refractivity contribution in [2.24, 2.45) is 0 Å². The summed E-state index contributed by atoms with van der Waals surface area (Å²) in [7, 11) is 0. The van der Waals surface area contributed by atoms with Crippen LogP contribution in [0.25, 0.3) is 16.9 Å². The molecule has 2 heterocycles. The molecule has 0 spiro atoms. The highest BCUT2D eigenvalue weighted by Gasteiger charge is 2.17. The van der Waals surface area contributed by atoms with E-state index in [2.05, 4.69) is 21.0 Å². The van der Waals surface area contributed by atoms with Crippen molar-refractivity contribution < 1.29 is 4.79 Å². The molecule has 0 aliphatic heterocycles. The van der Waals surface area contributed by atoms with Gasteiger partial charge in [0.05, 0.1) is 15.6 Å². The number of hydrogen-bond acceptors (Lipinski definition) is 3. The molecule has 21 heavy (non-hydrogen) atoms. The Morgan fingerprint density at radius 2 is 1.95 bits per heavy atom. The fourth-order valence-corrected chi connectivity index (χ4v) is 3.64. The summed E-state index contributed by atoms with van der Waals surface area (Å²) in [4.78, 5) is 11.3. The maximum absolute atomic E-state index is 11.3. The lowest BCUT2D eigenvalue weighted by atomic mass is 10.2. The lowest BCUT2D eigenvalue weighted by Gasteiger charge is -2.00. The molecular formula is C14H7BrCl2N2OS. The fourth-order valence-electron chi connectivity index (χ4n) is 1.91. The van der Waals surface area contributed by atoms with Crippen LogP contribution < -0.4 is 0 Å². The van der Waals surface area contributed by atoms with Crippen LogP contribution in [-0.2, 0) is 0 Å². The van der Waals surface area contributed by atoms with Gasteiger partial charge in [0.25, 0.3) is 0 Å². The second-order valence-corrected chi connectivity index (χ2v) is 7.41. The first-order valence-corrected chi connectivity index (χ1v) is 8.21. The number of aldehydes is 1. The summed E-state index contributed by atoms with van der Waals surface area (Å²) in [6.45, 7) is 0. The van der Waals surface area contributed by atoms with Gasteiger partial charge < -0.3 is 0 Å². The SMILES string of the molecule is O=Cc1cn(-c2ccc(Br)cc2)nc1-c1cc(Cl)sc1Cl. The third-order valence-corrected chi connectivity index (χ3v) is 4.89. The van der Waals surface area contributed by atoms with E-state index in [4.69, 9.17) is 23.2 Å². The molecule has 0 aliphatic rings. The molecule has 3 rings (SSSR count). The molecule has 0 N–H and O–H groups in total. The molecule has 0 radical (unpaired) electrons. The normalized spacial score (nSPS) is 10.8. The van der Waals surface area contributed by atoms with E-state index >= 15 is 0 Å². The monoisotopic (exact) mass is 400 g/mol. The smallest absolute Gasteiger partial charge is 0.153 e. The van der Waals surface area contributed by atoms with E-state index in [9.17, 15) is 4.79 Å². The highest BCUT2D eigenvalue weighted by Crippen LogP contribution is 2.38. The van der Waals surface area contributed by atoms with Crippen molar-refractivity contribution in [3.05, 3.63) is 55.2 Å². The lowest BCUT2D eigenvalue weighted by Crippen LogP contribution is -1.94. The lowest BCUT2D eigenvalue weighted by molar-refractivity contribution is 0.112. The second-order valence-electron chi connectivity index (χ2n) is 4.21. The second kappa shape index (κ2) is 5.93. The fraction of sp³-hybridized carbons (Fsp3) is 0. The molecule has 0 amide bonds. The molecule has 7 heteroatoms. The van der Waals surface area contributed by atoms with Crippen molar-refractivity contribution in [3.8, 4) is 16.9 Å². The predicted octanol–water partition coefficient (Wildman–Crippen LogP) is 5.48. The number of carbonyl (C=O) groups is 1.